The summed E-state index contributed by atoms with van der Waals surface area (Å²) in [5.41, 5.74) is 2.93. The number of carbonyl (C=O) groups excluding carboxylic acids is 1. The van der Waals surface area contributed by atoms with E-state index in [1.807, 2.05) is 0 Å². The SMILES string of the molecule is CCCC(O)(c1ccc(C(C(N)=O)c2ccc(S(=O)(=O)CC)cc2)cc1)C(F)(F)F. The topological polar surface area (TPSA) is 97.5 Å². The summed E-state index contributed by atoms with van der Waals surface area (Å²) in [7, 11) is -3.42. The summed E-state index contributed by atoms with van der Waals surface area (Å²) in [5.74, 6) is -1.80. The summed E-state index contributed by atoms with van der Waals surface area (Å²) in [5, 5.41) is 10.2. The van der Waals surface area contributed by atoms with Crippen LogP contribution in [0.25, 0.3) is 0 Å². The van der Waals surface area contributed by atoms with Crippen LogP contribution in [-0.2, 0) is 20.2 Å². The minimum Gasteiger partial charge on any atom is -0.376 e. The molecule has 0 fully saturated rings. The summed E-state index contributed by atoms with van der Waals surface area (Å²) >= 11 is 0. The van der Waals surface area contributed by atoms with Crippen LogP contribution in [0.4, 0.5) is 13.2 Å². The molecule has 0 aliphatic heterocycles. The number of hydrogen-bond donors (Lipinski definition) is 2. The minimum absolute atomic E-state index is 0.0765. The molecule has 9 heteroatoms. The van der Waals surface area contributed by atoms with Gasteiger partial charge in [0.05, 0.1) is 16.6 Å². The molecule has 2 unspecified atom stereocenters. The highest BCUT2D eigenvalue weighted by Crippen LogP contribution is 2.42. The molecule has 0 aromatic heterocycles. The molecular weight excluding hydrogens is 419 g/mol. The number of sulfone groups is 1. The van der Waals surface area contributed by atoms with E-state index in [0.717, 1.165) is 12.1 Å². The largest absolute Gasteiger partial charge is 0.421 e. The Kier molecular flexibility index (Phi) is 6.98. The molecule has 2 atom stereocenters. The lowest BCUT2D eigenvalue weighted by molar-refractivity contribution is -0.269. The van der Waals surface area contributed by atoms with Crippen LogP contribution in [0, 0.1) is 0 Å². The van der Waals surface area contributed by atoms with Crippen molar-refractivity contribution in [2.75, 3.05) is 5.75 Å². The van der Waals surface area contributed by atoms with Gasteiger partial charge < -0.3 is 10.8 Å². The highest BCUT2D eigenvalue weighted by molar-refractivity contribution is 7.91. The van der Waals surface area contributed by atoms with E-state index in [0.29, 0.717) is 11.1 Å². The van der Waals surface area contributed by atoms with Gasteiger partial charge in [0.2, 0.25) is 5.91 Å². The minimum atomic E-state index is -4.85. The van der Waals surface area contributed by atoms with Crippen molar-refractivity contribution in [1.82, 2.24) is 0 Å². The van der Waals surface area contributed by atoms with Gasteiger partial charge >= 0.3 is 6.18 Å². The van der Waals surface area contributed by atoms with Gasteiger partial charge in [-0.2, -0.15) is 13.2 Å². The van der Waals surface area contributed by atoms with Crippen LogP contribution < -0.4 is 5.73 Å². The number of benzene rings is 2. The molecule has 0 radical (unpaired) electrons. The maximum Gasteiger partial charge on any atom is 0.421 e. The van der Waals surface area contributed by atoms with Crippen LogP contribution in [0.15, 0.2) is 53.4 Å². The number of aliphatic hydroxyl groups is 1. The van der Waals surface area contributed by atoms with Crippen molar-refractivity contribution >= 4 is 15.7 Å². The molecule has 1 amide bonds. The van der Waals surface area contributed by atoms with Crippen molar-refractivity contribution in [2.45, 2.75) is 49.3 Å². The number of nitrogens with two attached hydrogens (primary N) is 1. The third kappa shape index (κ3) is 4.67. The molecule has 0 spiro atoms. The third-order valence-electron chi connectivity index (χ3n) is 5.04. The van der Waals surface area contributed by atoms with Gasteiger partial charge in [0.25, 0.3) is 0 Å². The molecule has 0 heterocycles. The molecule has 2 rings (SSSR count). The van der Waals surface area contributed by atoms with Crippen LogP contribution in [0.3, 0.4) is 0 Å². The summed E-state index contributed by atoms with van der Waals surface area (Å²) in [6.07, 6.45) is -5.23. The van der Waals surface area contributed by atoms with E-state index in [1.165, 1.54) is 50.2 Å². The summed E-state index contributed by atoms with van der Waals surface area (Å²) in [4.78, 5) is 12.2. The van der Waals surface area contributed by atoms with Crippen molar-refractivity contribution in [3.05, 3.63) is 65.2 Å². The Hall–Kier alpha value is -2.39. The van der Waals surface area contributed by atoms with Crippen LogP contribution in [0.2, 0.25) is 0 Å². The van der Waals surface area contributed by atoms with E-state index >= 15 is 0 Å². The predicted molar refractivity (Wildman–Crippen MR) is 107 cm³/mol. The Labute approximate surface area is 173 Å². The molecule has 2 aromatic rings. The van der Waals surface area contributed by atoms with Gasteiger partial charge in [0.15, 0.2) is 15.4 Å². The number of halogens is 3. The van der Waals surface area contributed by atoms with Crippen LogP contribution in [0.1, 0.15) is 49.3 Å². The van der Waals surface area contributed by atoms with Crippen molar-refractivity contribution in [3.63, 3.8) is 0 Å². The number of rotatable bonds is 8. The number of carbonyl (C=O) groups is 1. The van der Waals surface area contributed by atoms with Crippen LogP contribution in [0.5, 0.6) is 0 Å². The number of hydrogen-bond acceptors (Lipinski definition) is 4. The maximum absolute atomic E-state index is 13.4. The highest BCUT2D eigenvalue weighted by atomic mass is 32.2. The second-order valence-corrected chi connectivity index (χ2v) is 9.32. The zero-order valence-electron chi connectivity index (χ0n) is 16.6. The number of alkyl halides is 3. The van der Waals surface area contributed by atoms with Crippen molar-refractivity contribution in [2.24, 2.45) is 5.73 Å². The standard InChI is InChI=1S/C21H24F3NO4S/c1-3-13-20(27,21(22,23)24)16-9-5-14(6-10-16)18(19(25)26)15-7-11-17(12-8-15)30(28,29)4-2/h5-12,18,27H,3-4,13H2,1-2H3,(H2,25,26). The van der Waals surface area contributed by atoms with E-state index in [9.17, 15) is 31.5 Å². The second kappa shape index (κ2) is 8.77. The molecule has 0 bridgehead atoms. The zero-order valence-corrected chi connectivity index (χ0v) is 17.4. The Balaban J connectivity index is 2.44. The van der Waals surface area contributed by atoms with Gasteiger partial charge in [0, 0.05) is 0 Å². The van der Waals surface area contributed by atoms with Crippen molar-refractivity contribution in [3.8, 4) is 0 Å². The van der Waals surface area contributed by atoms with Gasteiger partial charge in [-0.05, 0) is 35.2 Å². The lowest BCUT2D eigenvalue weighted by Gasteiger charge is -2.31. The fourth-order valence-corrected chi connectivity index (χ4v) is 4.20. The van der Waals surface area contributed by atoms with E-state index in [4.69, 9.17) is 5.73 Å². The van der Waals surface area contributed by atoms with Gasteiger partial charge in [0.1, 0.15) is 0 Å². The smallest absolute Gasteiger partial charge is 0.376 e. The fraction of sp³-hybridized carbons (Fsp3) is 0.381. The normalized spacial score (nSPS) is 15.4. The first-order valence-electron chi connectivity index (χ1n) is 9.39. The van der Waals surface area contributed by atoms with E-state index in [1.54, 1.807) is 0 Å². The molecule has 0 aliphatic rings. The van der Waals surface area contributed by atoms with E-state index in [2.05, 4.69) is 0 Å². The van der Waals surface area contributed by atoms with Gasteiger partial charge in [-0.15, -0.1) is 0 Å². The number of primary amides is 1. The molecule has 0 saturated heterocycles. The Morgan fingerprint density at radius 3 is 1.83 bits per heavy atom. The van der Waals surface area contributed by atoms with Crippen molar-refractivity contribution < 1.29 is 31.5 Å². The molecular formula is C21H24F3NO4S. The van der Waals surface area contributed by atoms with Crippen LogP contribution >= 0.6 is 0 Å². The van der Waals surface area contributed by atoms with Gasteiger partial charge in [-0.3, -0.25) is 4.79 Å². The Bertz CT molecular complexity index is 986. The first kappa shape index (κ1) is 23.9. The van der Waals surface area contributed by atoms with Crippen molar-refractivity contribution in [1.29, 1.82) is 0 Å². The second-order valence-electron chi connectivity index (χ2n) is 7.04. The summed E-state index contributed by atoms with van der Waals surface area (Å²) in [6, 6.07) is 10.5. The van der Waals surface area contributed by atoms with Gasteiger partial charge in [-0.25, -0.2) is 8.42 Å². The highest BCUT2D eigenvalue weighted by Gasteiger charge is 2.54. The number of amides is 1. The van der Waals surface area contributed by atoms with E-state index < -0.39 is 39.9 Å². The molecule has 2 aromatic carbocycles. The molecule has 3 N–H and O–H groups in total. The Morgan fingerprint density at radius 2 is 1.47 bits per heavy atom. The van der Waals surface area contributed by atoms with Crippen LogP contribution in [-0.4, -0.2) is 31.4 Å². The zero-order chi connectivity index (χ0) is 22.7. The average Bonchev–Trinajstić information content (AvgIpc) is 2.68. The Morgan fingerprint density at radius 1 is 1.00 bits per heavy atom. The quantitative estimate of drug-likeness (QED) is 0.651. The summed E-state index contributed by atoms with van der Waals surface area (Å²) < 4.78 is 64.1. The lowest BCUT2D eigenvalue weighted by Crippen LogP contribution is -2.42. The van der Waals surface area contributed by atoms with E-state index in [-0.39, 0.29) is 22.6 Å². The first-order chi connectivity index (χ1) is 13.9. The molecule has 164 valence electrons. The average molecular weight is 443 g/mol. The molecule has 0 saturated carbocycles. The van der Waals surface area contributed by atoms with Gasteiger partial charge in [-0.1, -0.05) is 56.7 Å². The lowest BCUT2D eigenvalue weighted by atomic mass is 9.85. The third-order valence-corrected chi connectivity index (χ3v) is 6.79. The fourth-order valence-electron chi connectivity index (χ4n) is 3.32. The first-order valence-corrected chi connectivity index (χ1v) is 11.0. The maximum atomic E-state index is 13.4. The summed E-state index contributed by atoms with van der Waals surface area (Å²) in [6.45, 7) is 3.05. The monoisotopic (exact) mass is 443 g/mol. The molecule has 30 heavy (non-hydrogen) atoms. The molecule has 5 nitrogen and oxygen atoms in total. The molecule has 0 aliphatic carbocycles. The predicted octanol–water partition coefficient (Wildman–Crippen LogP) is 3.65.